The predicted octanol–water partition coefficient (Wildman–Crippen LogP) is 3.01. The van der Waals surface area contributed by atoms with Gasteiger partial charge in [0.05, 0.1) is 6.26 Å². The SMILES string of the molecule is C[CH]c1cccc2occc12. The molecule has 0 aliphatic rings. The van der Waals surface area contributed by atoms with E-state index in [4.69, 9.17) is 4.42 Å². The second-order valence-electron chi connectivity index (χ2n) is 2.47. The molecule has 55 valence electrons. The van der Waals surface area contributed by atoms with Gasteiger partial charge < -0.3 is 4.42 Å². The molecule has 1 nitrogen and oxygen atoms in total. The molecule has 1 heterocycles. The van der Waals surface area contributed by atoms with Gasteiger partial charge in [0.2, 0.25) is 0 Å². The summed E-state index contributed by atoms with van der Waals surface area (Å²) in [4.78, 5) is 0. The summed E-state index contributed by atoms with van der Waals surface area (Å²) < 4.78 is 5.24. The minimum Gasteiger partial charge on any atom is -0.464 e. The highest BCUT2D eigenvalue weighted by molar-refractivity contribution is 5.81. The maximum absolute atomic E-state index is 5.24. The van der Waals surface area contributed by atoms with Crippen molar-refractivity contribution >= 4 is 11.0 Å². The van der Waals surface area contributed by atoms with Gasteiger partial charge in [-0.3, -0.25) is 0 Å². The van der Waals surface area contributed by atoms with Gasteiger partial charge in [0, 0.05) is 5.39 Å². The summed E-state index contributed by atoms with van der Waals surface area (Å²) in [6.45, 7) is 2.03. The predicted molar refractivity (Wildman–Crippen MR) is 45.3 cm³/mol. The lowest BCUT2D eigenvalue weighted by molar-refractivity contribution is 0.616. The van der Waals surface area contributed by atoms with Crippen LogP contribution in [0.2, 0.25) is 0 Å². The molecule has 0 atom stereocenters. The van der Waals surface area contributed by atoms with Crippen LogP contribution in [0.25, 0.3) is 11.0 Å². The van der Waals surface area contributed by atoms with Crippen molar-refractivity contribution in [3.05, 3.63) is 42.5 Å². The second-order valence-corrected chi connectivity index (χ2v) is 2.47. The third-order valence-corrected chi connectivity index (χ3v) is 1.84. The fourth-order valence-corrected chi connectivity index (χ4v) is 1.27. The van der Waals surface area contributed by atoms with Gasteiger partial charge in [-0.2, -0.15) is 0 Å². The van der Waals surface area contributed by atoms with Crippen LogP contribution in [0.5, 0.6) is 0 Å². The molecule has 0 amide bonds. The fraction of sp³-hybridized carbons (Fsp3) is 0.100. The number of fused-ring (bicyclic) bond motifs is 1. The Balaban J connectivity index is 2.79. The number of furan rings is 1. The Bertz CT molecular complexity index is 360. The maximum atomic E-state index is 5.24. The molecule has 1 radical (unpaired) electrons. The zero-order valence-electron chi connectivity index (χ0n) is 6.37. The van der Waals surface area contributed by atoms with Gasteiger partial charge in [-0.15, -0.1) is 0 Å². The molecular weight excluding hydrogens is 136 g/mol. The van der Waals surface area contributed by atoms with E-state index in [1.165, 1.54) is 10.9 Å². The van der Waals surface area contributed by atoms with Crippen molar-refractivity contribution in [1.29, 1.82) is 0 Å². The summed E-state index contributed by atoms with van der Waals surface area (Å²) in [5.41, 5.74) is 2.19. The van der Waals surface area contributed by atoms with E-state index in [1.54, 1.807) is 6.26 Å². The minimum absolute atomic E-state index is 0.959. The van der Waals surface area contributed by atoms with E-state index in [-0.39, 0.29) is 0 Å². The Morgan fingerprint density at radius 3 is 3.00 bits per heavy atom. The highest BCUT2D eigenvalue weighted by atomic mass is 16.3. The van der Waals surface area contributed by atoms with Crippen molar-refractivity contribution in [2.75, 3.05) is 0 Å². The second kappa shape index (κ2) is 2.42. The summed E-state index contributed by atoms with van der Waals surface area (Å²) in [6, 6.07) is 8.05. The summed E-state index contributed by atoms with van der Waals surface area (Å²) >= 11 is 0. The molecule has 0 saturated carbocycles. The van der Waals surface area contributed by atoms with Gasteiger partial charge in [-0.05, 0) is 24.1 Å². The lowest BCUT2D eigenvalue weighted by atomic mass is 10.1. The van der Waals surface area contributed by atoms with Crippen molar-refractivity contribution in [3.63, 3.8) is 0 Å². The minimum atomic E-state index is 0.959. The molecule has 2 aromatic rings. The van der Waals surface area contributed by atoms with E-state index in [1.807, 2.05) is 25.1 Å². The normalized spacial score (nSPS) is 10.6. The van der Waals surface area contributed by atoms with Gasteiger partial charge >= 0.3 is 0 Å². The number of hydrogen-bond donors (Lipinski definition) is 0. The molecule has 0 fully saturated rings. The van der Waals surface area contributed by atoms with Gasteiger partial charge in [0.25, 0.3) is 0 Å². The molecule has 1 aromatic carbocycles. The van der Waals surface area contributed by atoms with Crippen LogP contribution < -0.4 is 0 Å². The first-order chi connectivity index (χ1) is 5.42. The molecule has 0 aliphatic heterocycles. The molecule has 1 aromatic heterocycles. The Morgan fingerprint density at radius 2 is 2.18 bits per heavy atom. The van der Waals surface area contributed by atoms with Crippen LogP contribution in [0.15, 0.2) is 34.9 Å². The third kappa shape index (κ3) is 0.929. The maximum Gasteiger partial charge on any atom is 0.134 e. The first-order valence-corrected chi connectivity index (χ1v) is 3.67. The van der Waals surface area contributed by atoms with E-state index in [2.05, 4.69) is 12.5 Å². The molecule has 0 N–H and O–H groups in total. The number of hydrogen-bond acceptors (Lipinski definition) is 1. The van der Waals surface area contributed by atoms with Crippen molar-refractivity contribution in [3.8, 4) is 0 Å². The van der Waals surface area contributed by atoms with Crippen LogP contribution in [-0.4, -0.2) is 0 Å². The zero-order valence-corrected chi connectivity index (χ0v) is 6.37. The average Bonchev–Trinajstić information content (AvgIpc) is 2.50. The zero-order chi connectivity index (χ0) is 7.68. The molecule has 11 heavy (non-hydrogen) atoms. The summed E-state index contributed by atoms with van der Waals surface area (Å²) in [5, 5.41) is 1.19. The quantitative estimate of drug-likeness (QED) is 0.601. The van der Waals surface area contributed by atoms with Crippen LogP contribution in [0.1, 0.15) is 12.5 Å². The van der Waals surface area contributed by atoms with Crippen molar-refractivity contribution in [2.45, 2.75) is 6.92 Å². The first kappa shape index (κ1) is 6.47. The van der Waals surface area contributed by atoms with Crippen LogP contribution in [0.4, 0.5) is 0 Å². The van der Waals surface area contributed by atoms with E-state index in [9.17, 15) is 0 Å². The Hall–Kier alpha value is -1.24. The molecule has 1 heteroatoms. The monoisotopic (exact) mass is 145 g/mol. The summed E-state index contributed by atoms with van der Waals surface area (Å²) in [7, 11) is 0. The lowest BCUT2D eigenvalue weighted by Gasteiger charge is -1.95. The highest BCUT2D eigenvalue weighted by Crippen LogP contribution is 2.20. The number of benzene rings is 1. The average molecular weight is 145 g/mol. The van der Waals surface area contributed by atoms with Crippen LogP contribution in [-0.2, 0) is 0 Å². The molecule has 2 rings (SSSR count). The molecule has 0 saturated heterocycles. The van der Waals surface area contributed by atoms with Gasteiger partial charge in [-0.1, -0.05) is 19.1 Å². The molecule has 0 unspecified atom stereocenters. The molecule has 0 aliphatic carbocycles. The Labute approximate surface area is 65.6 Å². The van der Waals surface area contributed by atoms with Gasteiger partial charge in [0.1, 0.15) is 5.58 Å². The van der Waals surface area contributed by atoms with E-state index in [0.29, 0.717) is 0 Å². The van der Waals surface area contributed by atoms with E-state index >= 15 is 0 Å². The van der Waals surface area contributed by atoms with Crippen LogP contribution >= 0.6 is 0 Å². The van der Waals surface area contributed by atoms with Crippen LogP contribution in [0, 0.1) is 6.42 Å². The smallest absolute Gasteiger partial charge is 0.134 e. The fourth-order valence-electron chi connectivity index (χ4n) is 1.27. The molecule has 0 bridgehead atoms. The molecular formula is C10H9O. The van der Waals surface area contributed by atoms with Crippen molar-refractivity contribution < 1.29 is 4.42 Å². The van der Waals surface area contributed by atoms with Crippen LogP contribution in [0.3, 0.4) is 0 Å². The van der Waals surface area contributed by atoms with E-state index < -0.39 is 0 Å². The Morgan fingerprint density at radius 1 is 1.27 bits per heavy atom. The lowest BCUT2D eigenvalue weighted by Crippen LogP contribution is -1.75. The highest BCUT2D eigenvalue weighted by Gasteiger charge is 1.99. The first-order valence-electron chi connectivity index (χ1n) is 3.67. The third-order valence-electron chi connectivity index (χ3n) is 1.84. The largest absolute Gasteiger partial charge is 0.464 e. The van der Waals surface area contributed by atoms with Crippen molar-refractivity contribution in [2.24, 2.45) is 0 Å². The topological polar surface area (TPSA) is 13.1 Å². The summed E-state index contributed by atoms with van der Waals surface area (Å²) in [6.07, 6.45) is 3.80. The van der Waals surface area contributed by atoms with Crippen molar-refractivity contribution in [1.82, 2.24) is 0 Å². The van der Waals surface area contributed by atoms with E-state index in [0.717, 1.165) is 5.58 Å². The van der Waals surface area contributed by atoms with Gasteiger partial charge in [-0.25, -0.2) is 0 Å². The number of rotatable bonds is 1. The standard InChI is InChI=1S/C10H9O/c1-2-8-4-3-5-10-9(8)6-7-11-10/h2-7H,1H3. The summed E-state index contributed by atoms with van der Waals surface area (Å²) in [5.74, 6) is 0. The Kier molecular flexibility index (Phi) is 1.42. The van der Waals surface area contributed by atoms with Gasteiger partial charge in [0.15, 0.2) is 0 Å². The molecule has 0 spiro atoms.